The van der Waals surface area contributed by atoms with E-state index in [-0.39, 0.29) is 5.91 Å². The van der Waals surface area contributed by atoms with Gasteiger partial charge in [0, 0.05) is 17.2 Å². The van der Waals surface area contributed by atoms with E-state index in [4.69, 9.17) is 0 Å². The molecule has 3 rings (SSSR count). The Morgan fingerprint density at radius 2 is 1.89 bits per heavy atom. The normalized spacial score (nSPS) is 17.8. The molecule has 0 aromatic heterocycles. The molecule has 0 saturated carbocycles. The minimum Gasteiger partial charge on any atom is -0.345 e. The Morgan fingerprint density at radius 3 is 2.68 bits per heavy atom. The molecule has 1 aliphatic rings. The number of nitrogens with one attached hydrogen (secondary N) is 1. The average Bonchev–Trinajstić information content (AvgIpc) is 2.38. The third-order valence-corrected chi connectivity index (χ3v) is 3.33. The quantitative estimate of drug-likeness (QED) is 0.838. The first-order valence-corrected chi connectivity index (χ1v) is 5.99. The molecule has 0 spiro atoms. The Morgan fingerprint density at radius 1 is 1.11 bits per heavy atom. The van der Waals surface area contributed by atoms with Crippen LogP contribution in [0.15, 0.2) is 42.5 Å². The SMILES string of the molecule is O=C1NC(c2ccc(F)cc2F)Cc2ccccc21. The molecule has 1 heterocycles. The Hall–Kier alpha value is -2.23. The summed E-state index contributed by atoms with van der Waals surface area (Å²) in [5.41, 5.74) is 1.80. The van der Waals surface area contributed by atoms with Gasteiger partial charge in [0.1, 0.15) is 11.6 Å². The minimum absolute atomic E-state index is 0.226. The number of fused-ring (bicyclic) bond motifs is 1. The first-order valence-electron chi connectivity index (χ1n) is 5.99. The molecule has 1 aliphatic heterocycles. The molecule has 19 heavy (non-hydrogen) atoms. The van der Waals surface area contributed by atoms with Crippen molar-refractivity contribution in [3.63, 3.8) is 0 Å². The molecule has 0 fully saturated rings. The van der Waals surface area contributed by atoms with E-state index < -0.39 is 17.7 Å². The second kappa shape index (κ2) is 4.46. The molecule has 0 radical (unpaired) electrons. The zero-order valence-corrected chi connectivity index (χ0v) is 9.99. The molecule has 1 atom stereocenters. The Balaban J connectivity index is 1.99. The number of carbonyl (C=O) groups excluding carboxylic acids is 1. The molecular weight excluding hydrogens is 248 g/mol. The molecule has 1 N–H and O–H groups in total. The fraction of sp³-hybridized carbons (Fsp3) is 0.133. The molecule has 1 amide bonds. The molecule has 4 heteroatoms. The van der Waals surface area contributed by atoms with Crippen molar-refractivity contribution in [3.05, 3.63) is 70.8 Å². The number of halogens is 2. The summed E-state index contributed by atoms with van der Waals surface area (Å²) in [6, 6.07) is 10.2. The average molecular weight is 259 g/mol. The van der Waals surface area contributed by atoms with E-state index in [9.17, 15) is 13.6 Å². The van der Waals surface area contributed by atoms with E-state index in [1.165, 1.54) is 12.1 Å². The Kier molecular flexibility index (Phi) is 2.78. The van der Waals surface area contributed by atoms with Crippen molar-refractivity contribution in [2.24, 2.45) is 0 Å². The van der Waals surface area contributed by atoms with Gasteiger partial charge in [0.2, 0.25) is 0 Å². The fourth-order valence-corrected chi connectivity index (χ4v) is 2.40. The van der Waals surface area contributed by atoms with Crippen LogP contribution in [0.3, 0.4) is 0 Å². The lowest BCUT2D eigenvalue weighted by molar-refractivity contribution is 0.0924. The van der Waals surface area contributed by atoms with Crippen LogP contribution < -0.4 is 5.32 Å². The summed E-state index contributed by atoms with van der Waals surface area (Å²) >= 11 is 0. The van der Waals surface area contributed by atoms with Crippen molar-refractivity contribution in [2.75, 3.05) is 0 Å². The minimum atomic E-state index is -0.635. The van der Waals surface area contributed by atoms with Gasteiger partial charge in [0.05, 0.1) is 6.04 Å². The van der Waals surface area contributed by atoms with E-state index in [1.807, 2.05) is 12.1 Å². The highest BCUT2D eigenvalue weighted by Crippen LogP contribution is 2.27. The van der Waals surface area contributed by atoms with Crippen LogP contribution in [0.4, 0.5) is 8.78 Å². The zero-order valence-electron chi connectivity index (χ0n) is 9.99. The maximum Gasteiger partial charge on any atom is 0.252 e. The predicted octanol–water partition coefficient (Wildman–Crippen LogP) is 2.99. The second-order valence-electron chi connectivity index (χ2n) is 4.55. The highest BCUT2D eigenvalue weighted by molar-refractivity contribution is 5.97. The number of rotatable bonds is 1. The maximum absolute atomic E-state index is 13.7. The smallest absolute Gasteiger partial charge is 0.252 e. The molecule has 0 saturated heterocycles. The lowest BCUT2D eigenvalue weighted by Gasteiger charge is -2.26. The molecule has 1 unspecified atom stereocenters. The van der Waals surface area contributed by atoms with E-state index in [0.29, 0.717) is 17.5 Å². The molecule has 0 aliphatic carbocycles. The first kappa shape index (κ1) is 11.8. The monoisotopic (exact) mass is 259 g/mol. The number of carbonyl (C=O) groups is 1. The molecule has 2 aromatic carbocycles. The van der Waals surface area contributed by atoms with Crippen LogP contribution in [0, 0.1) is 11.6 Å². The van der Waals surface area contributed by atoms with Gasteiger partial charge in [-0.2, -0.15) is 0 Å². The number of amides is 1. The van der Waals surface area contributed by atoms with Gasteiger partial charge in [-0.1, -0.05) is 24.3 Å². The van der Waals surface area contributed by atoms with Crippen LogP contribution in [-0.4, -0.2) is 5.91 Å². The van der Waals surface area contributed by atoms with Gasteiger partial charge in [0.15, 0.2) is 0 Å². The third kappa shape index (κ3) is 2.10. The summed E-state index contributed by atoms with van der Waals surface area (Å²) in [6.45, 7) is 0. The van der Waals surface area contributed by atoms with E-state index in [2.05, 4.69) is 5.32 Å². The Bertz CT molecular complexity index is 654. The van der Waals surface area contributed by atoms with Crippen molar-refractivity contribution in [1.82, 2.24) is 5.32 Å². The predicted molar refractivity (Wildman–Crippen MR) is 66.7 cm³/mol. The van der Waals surface area contributed by atoms with Crippen molar-refractivity contribution >= 4 is 5.91 Å². The molecule has 96 valence electrons. The number of hydrogen-bond donors (Lipinski definition) is 1. The molecule has 2 aromatic rings. The van der Waals surface area contributed by atoms with Crippen molar-refractivity contribution < 1.29 is 13.6 Å². The van der Waals surface area contributed by atoms with Crippen LogP contribution in [-0.2, 0) is 6.42 Å². The summed E-state index contributed by atoms with van der Waals surface area (Å²) in [5.74, 6) is -1.48. The van der Waals surface area contributed by atoms with Gasteiger partial charge in [-0.15, -0.1) is 0 Å². The summed E-state index contributed by atoms with van der Waals surface area (Å²) < 4.78 is 26.6. The van der Waals surface area contributed by atoms with Crippen LogP contribution in [0.25, 0.3) is 0 Å². The lowest BCUT2D eigenvalue weighted by atomic mass is 9.91. The number of benzene rings is 2. The third-order valence-electron chi connectivity index (χ3n) is 3.33. The fourth-order valence-electron chi connectivity index (χ4n) is 2.40. The first-order chi connectivity index (χ1) is 9.15. The van der Waals surface area contributed by atoms with Crippen LogP contribution in [0.2, 0.25) is 0 Å². The van der Waals surface area contributed by atoms with E-state index in [1.54, 1.807) is 12.1 Å². The van der Waals surface area contributed by atoms with Gasteiger partial charge in [-0.25, -0.2) is 8.78 Å². The molecular formula is C15H11F2NO. The number of hydrogen-bond acceptors (Lipinski definition) is 1. The lowest BCUT2D eigenvalue weighted by Crippen LogP contribution is -2.35. The standard InChI is InChI=1S/C15H11F2NO/c16-10-5-6-12(13(17)8-10)14-7-9-3-1-2-4-11(9)15(19)18-14/h1-6,8,14H,7H2,(H,18,19). The largest absolute Gasteiger partial charge is 0.345 e. The van der Waals surface area contributed by atoms with Gasteiger partial charge in [-0.3, -0.25) is 4.79 Å². The summed E-state index contributed by atoms with van der Waals surface area (Å²) in [4.78, 5) is 11.9. The van der Waals surface area contributed by atoms with Crippen molar-refractivity contribution in [3.8, 4) is 0 Å². The van der Waals surface area contributed by atoms with Gasteiger partial charge < -0.3 is 5.32 Å². The molecule has 0 bridgehead atoms. The summed E-state index contributed by atoms with van der Waals surface area (Å²) in [5, 5.41) is 2.75. The van der Waals surface area contributed by atoms with E-state index >= 15 is 0 Å². The van der Waals surface area contributed by atoms with Crippen molar-refractivity contribution in [2.45, 2.75) is 12.5 Å². The van der Waals surface area contributed by atoms with Crippen molar-refractivity contribution in [1.29, 1.82) is 0 Å². The van der Waals surface area contributed by atoms with Gasteiger partial charge in [-0.05, 0) is 24.1 Å². The zero-order chi connectivity index (χ0) is 13.4. The van der Waals surface area contributed by atoms with E-state index in [0.717, 1.165) is 11.6 Å². The molecule has 2 nitrogen and oxygen atoms in total. The second-order valence-corrected chi connectivity index (χ2v) is 4.55. The summed E-state index contributed by atoms with van der Waals surface area (Å²) in [6.07, 6.45) is 0.504. The highest BCUT2D eigenvalue weighted by Gasteiger charge is 2.26. The highest BCUT2D eigenvalue weighted by atomic mass is 19.1. The van der Waals surface area contributed by atoms with Crippen LogP contribution >= 0.6 is 0 Å². The topological polar surface area (TPSA) is 29.1 Å². The van der Waals surface area contributed by atoms with Gasteiger partial charge in [0.25, 0.3) is 5.91 Å². The van der Waals surface area contributed by atoms with Crippen LogP contribution in [0.5, 0.6) is 0 Å². The van der Waals surface area contributed by atoms with Crippen LogP contribution in [0.1, 0.15) is 27.5 Å². The Labute approximate surface area is 109 Å². The summed E-state index contributed by atoms with van der Waals surface area (Å²) in [7, 11) is 0. The van der Waals surface area contributed by atoms with Gasteiger partial charge >= 0.3 is 0 Å². The maximum atomic E-state index is 13.7.